The fourth-order valence-electron chi connectivity index (χ4n) is 16.9. The van der Waals surface area contributed by atoms with Crippen molar-refractivity contribution in [2.45, 2.75) is 271 Å². The van der Waals surface area contributed by atoms with E-state index >= 15 is 0 Å². The van der Waals surface area contributed by atoms with Crippen molar-refractivity contribution < 1.29 is 110 Å². The van der Waals surface area contributed by atoms with E-state index in [2.05, 4.69) is 42.5 Å². The van der Waals surface area contributed by atoms with Crippen molar-refractivity contribution in [1.29, 1.82) is 0 Å². The van der Waals surface area contributed by atoms with Gasteiger partial charge in [-0.05, 0) is 136 Å². The van der Waals surface area contributed by atoms with Crippen LogP contribution in [0.3, 0.4) is 0 Å². The van der Waals surface area contributed by atoms with E-state index in [-0.39, 0.29) is 125 Å². The van der Waals surface area contributed by atoms with Gasteiger partial charge in [0.15, 0.2) is 0 Å². The van der Waals surface area contributed by atoms with E-state index in [0.717, 1.165) is 34.4 Å². The lowest BCUT2D eigenvalue weighted by Gasteiger charge is -2.32. The Morgan fingerprint density at radius 3 is 0.521 bits per heavy atom. The quantitative estimate of drug-likeness (QED) is 0.0278. The van der Waals surface area contributed by atoms with Crippen molar-refractivity contribution in [2.75, 3.05) is 190 Å². The van der Waals surface area contributed by atoms with Crippen molar-refractivity contribution in [3.05, 3.63) is 0 Å². The highest BCUT2D eigenvalue weighted by Gasteiger charge is 2.41. The minimum Gasteiger partial charge on any atom is -0.369 e. The molecule has 0 rings (SSSR count). The van der Waals surface area contributed by atoms with Gasteiger partial charge in [-0.2, -0.15) is 34.4 Å². The van der Waals surface area contributed by atoms with E-state index in [1.54, 1.807) is 125 Å². The zero-order chi connectivity index (χ0) is 113. The number of carbonyl (C=O) groups excluding carboxylic acids is 9. The van der Waals surface area contributed by atoms with E-state index in [9.17, 15) is 110 Å². The molecule has 0 aliphatic rings. The Morgan fingerprint density at radius 1 is 0.212 bits per heavy atom. The molecule has 0 radical (unpaired) electrons. The number of unbranched alkanes of at least 4 members (excludes halogenated alkanes) is 2. The first-order valence-electron chi connectivity index (χ1n) is 50.9. The maximum Gasteiger partial charge on any atom is 0.235 e. The predicted molar refractivity (Wildman–Crippen MR) is 571 cm³/mol. The van der Waals surface area contributed by atoms with Crippen LogP contribution in [0, 0.1) is 59.2 Å². The average Bonchev–Trinajstić information content (AvgIpc) is 0.834. The van der Waals surface area contributed by atoms with E-state index < -0.39 is 358 Å². The van der Waals surface area contributed by atoms with Crippen LogP contribution in [0.1, 0.15) is 222 Å². The first kappa shape index (κ1) is 140. The molecule has 9 amide bonds. The summed E-state index contributed by atoms with van der Waals surface area (Å²) in [6, 6.07) is -8.56. The summed E-state index contributed by atoms with van der Waals surface area (Å²) in [5.41, 5.74) is 40.3. The summed E-state index contributed by atoms with van der Waals surface area (Å²) in [6.07, 6.45) is 2.13. The van der Waals surface area contributed by atoms with Crippen LogP contribution in [0.5, 0.6) is 0 Å². The van der Waals surface area contributed by atoms with Crippen LogP contribution < -0.4 is 82.7 Å². The van der Waals surface area contributed by atoms with E-state index in [4.69, 9.17) is 40.1 Å². The van der Waals surface area contributed by atoms with Crippen molar-refractivity contribution in [2.24, 2.45) is 99.3 Å². The molecular weight excluding hydrogens is 2060 g/mol. The Hall–Kier alpha value is -5.73. The monoisotopic (exact) mass is 2250 g/mol. The maximum atomic E-state index is 14.8. The average molecular weight is 2250 g/mol. The molecule has 0 saturated heterocycles. The van der Waals surface area contributed by atoms with Gasteiger partial charge in [0, 0.05) is 134 Å². The van der Waals surface area contributed by atoms with Gasteiger partial charge in [-0.15, -0.1) is 0 Å². The van der Waals surface area contributed by atoms with Crippen LogP contribution in [-0.2, 0) is 123 Å². The smallest absolute Gasteiger partial charge is 0.235 e. The van der Waals surface area contributed by atoms with E-state index in [1.807, 2.05) is 13.8 Å². The van der Waals surface area contributed by atoms with Gasteiger partial charge < -0.3 is 82.7 Å². The normalized spacial score (nSPS) is 14.8. The maximum absolute atomic E-state index is 14.8. The molecule has 0 unspecified atom stereocenters. The third-order valence-corrected chi connectivity index (χ3v) is 38.2. The standard InChI is InChI=1S/C90H187N23O25S8/c1-64(2)38-77(98-74(21)114)46-110(143(131,132)60-70(13)14)58-89(121)101-78(39-65(3)4)47-108(141(127,128)36-32-95)54-87(119)105-81(42-68(9)10)50-112(145(135,136)62-72(17)18)57-85(117)100-76(27-23-25-29-92)45-107(140(125,126)35-31-94)53-86(118)103-82(43-69(11)12)51-113(146(137,138)63-73(19)20)59-90(122)102-79(40-66(5)6)48-109(142(129,130)37-33-96)55-88(120)104-80(41-67(7)8)49-111(144(133,134)61-71(15)16)56-84(116)99-75(26-22-24-28-91)44-106(52-83(97)115)139(123,124)34-30-93/h64-73,75-82H,22-63,91-96H2,1-21H3,(H2,97,115)(H,98,114)(H,99,116)(H,100,117)(H,101,121)(H,102,122)(H,103,118)(H,104,120)(H,105,119)/t75-,76-,77-,78-,79-,80-,81-,82-/m0/s1. The van der Waals surface area contributed by atoms with Gasteiger partial charge >= 0.3 is 0 Å². The third kappa shape index (κ3) is 60.1. The second kappa shape index (κ2) is 68.4. The van der Waals surface area contributed by atoms with Gasteiger partial charge in [-0.3, -0.25) is 43.2 Å². The van der Waals surface area contributed by atoms with Crippen LogP contribution in [0.15, 0.2) is 0 Å². The van der Waals surface area contributed by atoms with E-state index in [0.29, 0.717) is 25.7 Å². The van der Waals surface area contributed by atoms with Gasteiger partial charge in [0.05, 0.1) is 98.4 Å². The number of nitrogens with two attached hydrogens (primary N) is 7. The van der Waals surface area contributed by atoms with Gasteiger partial charge in [-0.25, -0.2) is 67.3 Å². The minimum atomic E-state index is -4.58. The van der Waals surface area contributed by atoms with Crippen molar-refractivity contribution in [3.8, 4) is 0 Å². The summed E-state index contributed by atoms with van der Waals surface area (Å²) >= 11 is 0. The van der Waals surface area contributed by atoms with Gasteiger partial charge in [0.1, 0.15) is 0 Å². The zero-order valence-electron chi connectivity index (χ0n) is 90.7. The van der Waals surface area contributed by atoms with E-state index in [1.165, 1.54) is 6.92 Å². The highest BCUT2D eigenvalue weighted by molar-refractivity contribution is 7.91. The summed E-state index contributed by atoms with van der Waals surface area (Å²) in [6.45, 7) is 23.4. The minimum absolute atomic E-state index is 0.00588. The summed E-state index contributed by atoms with van der Waals surface area (Å²) in [7, 11) is -35.3. The number of primary amides is 1. The van der Waals surface area contributed by atoms with Crippen molar-refractivity contribution in [3.63, 3.8) is 0 Å². The highest BCUT2D eigenvalue weighted by atomic mass is 32.2. The molecule has 0 spiro atoms. The molecule has 0 saturated carbocycles. The van der Waals surface area contributed by atoms with Crippen LogP contribution >= 0.6 is 0 Å². The molecule has 48 nitrogen and oxygen atoms in total. The number of nitrogens with one attached hydrogen (secondary N) is 8. The number of nitrogens with zero attached hydrogens (tertiary/aromatic N) is 8. The largest absolute Gasteiger partial charge is 0.369 e. The molecule has 22 N–H and O–H groups in total. The van der Waals surface area contributed by atoms with Crippen LogP contribution in [0.2, 0.25) is 0 Å². The first-order valence-corrected chi connectivity index (χ1v) is 63.7. The molecule has 0 aromatic heterocycles. The molecule has 146 heavy (non-hydrogen) atoms. The molecule has 0 aliphatic carbocycles. The van der Waals surface area contributed by atoms with Gasteiger partial charge in [-0.1, -0.05) is 151 Å². The highest BCUT2D eigenvalue weighted by Crippen LogP contribution is 2.23. The molecule has 56 heteroatoms. The molecule has 0 aliphatic heterocycles. The number of carbonyl (C=O) groups is 9. The molecule has 0 aromatic rings. The fraction of sp³-hybridized carbons (Fsp3) is 0.900. The Bertz CT molecular complexity index is 4930. The topological polar surface area (TPSA) is 731 Å². The van der Waals surface area contributed by atoms with Gasteiger partial charge in [0.25, 0.3) is 0 Å². The van der Waals surface area contributed by atoms with Crippen LogP contribution in [0.25, 0.3) is 0 Å². The molecule has 0 aromatic carbocycles. The second-order valence-corrected chi connectivity index (χ2v) is 58.9. The summed E-state index contributed by atoms with van der Waals surface area (Å²) in [5, 5.41) is 22.2. The van der Waals surface area contributed by atoms with Crippen LogP contribution in [-0.4, -0.2) is 393 Å². The Labute approximate surface area is 875 Å². The predicted octanol–water partition coefficient (Wildman–Crippen LogP) is -2.58. The number of sulfonamides is 8. The number of rotatable bonds is 84. The summed E-state index contributed by atoms with van der Waals surface area (Å²) in [4.78, 5) is 127. The lowest BCUT2D eigenvalue weighted by Crippen LogP contribution is -2.56. The molecule has 0 heterocycles. The summed E-state index contributed by atoms with van der Waals surface area (Å²) in [5.74, 6) is -15.9. The number of hydrogen-bond acceptors (Lipinski definition) is 31. The molecule has 0 bridgehead atoms. The summed E-state index contributed by atoms with van der Waals surface area (Å²) < 4.78 is 235. The Kier molecular flexibility index (Phi) is 65.7. The third-order valence-electron chi connectivity index (χ3n) is 22.3. The Balaban J connectivity index is 7.92. The molecule has 0 fully saturated rings. The lowest BCUT2D eigenvalue weighted by atomic mass is 10.0. The van der Waals surface area contributed by atoms with Crippen LogP contribution in [0.4, 0.5) is 0 Å². The van der Waals surface area contributed by atoms with Gasteiger partial charge in [0.2, 0.25) is 133 Å². The SMILES string of the molecule is CC(=O)N[C@@H](CC(C)C)CN(CC(=O)N[C@@H](CC(C)C)CN(CC(=O)N[C@@H](CC(C)C)CN(CC(=O)N[C@@H](CCCCN)CN(CC(=O)N[C@@H](CC(C)C)CN(CC(=O)N[C@@H](CC(C)C)CN(CC(=O)N[C@@H](CC(C)C)CN(CC(=O)N[C@@H](CCCCN)CN(CC(N)=O)S(=O)(=O)CCN)S(=O)(=O)CC(C)C)S(=O)(=O)CCN)S(=O)(=O)CC(C)C)S(=O)(=O)CCN)S(=O)(=O)CC(C)C)S(=O)(=O)CCN)S(=O)(=O)CC(C)C. The van der Waals surface area contributed by atoms with Crippen molar-refractivity contribution in [1.82, 2.24) is 77.0 Å². The first-order chi connectivity index (χ1) is 67.2. The Morgan fingerprint density at radius 2 is 0.370 bits per heavy atom. The lowest BCUT2D eigenvalue weighted by molar-refractivity contribution is -0.124. The molecule has 860 valence electrons. The fourth-order valence-corrected chi connectivity index (χ4v) is 29.1. The number of amides is 9. The number of hydrogen-bond donors (Lipinski definition) is 15. The van der Waals surface area contributed by atoms with Crippen molar-refractivity contribution >= 4 is 133 Å². The second-order valence-electron chi connectivity index (χ2n) is 42.5. The molecular formula is C90H187N23O25S8. The molecule has 8 atom stereocenters. The zero-order valence-corrected chi connectivity index (χ0v) is 97.2.